The third kappa shape index (κ3) is 5.22. The van der Waals surface area contributed by atoms with Crippen LogP contribution in [0.1, 0.15) is 17.5 Å². The molecule has 30 heavy (non-hydrogen) atoms. The quantitative estimate of drug-likeness (QED) is 0.676. The molecule has 0 aromatic heterocycles. The van der Waals surface area contributed by atoms with Crippen molar-refractivity contribution in [2.45, 2.75) is 25.6 Å². The number of benzene rings is 2. The Labute approximate surface area is 177 Å². The van der Waals surface area contributed by atoms with Gasteiger partial charge in [0.25, 0.3) is 0 Å². The van der Waals surface area contributed by atoms with Crippen LogP contribution in [0.2, 0.25) is 0 Å². The summed E-state index contributed by atoms with van der Waals surface area (Å²) in [5.74, 6) is 1.70. The molecule has 0 bridgehead atoms. The molecule has 3 rings (SSSR count). The summed E-state index contributed by atoms with van der Waals surface area (Å²) in [6, 6.07) is 10.8. The summed E-state index contributed by atoms with van der Waals surface area (Å²) in [5.41, 5.74) is 2.11. The maximum atomic E-state index is 13.2. The molecule has 164 valence electrons. The zero-order valence-electron chi connectivity index (χ0n) is 17.9. The molecule has 1 aliphatic heterocycles. The summed E-state index contributed by atoms with van der Waals surface area (Å²) >= 11 is 0. The van der Waals surface area contributed by atoms with Crippen LogP contribution in [0, 0.1) is 5.82 Å². The highest BCUT2D eigenvalue weighted by Gasteiger charge is 2.28. The van der Waals surface area contributed by atoms with Crippen LogP contribution in [0.5, 0.6) is 17.2 Å². The number of methoxy groups -OCH3 is 3. The average Bonchev–Trinajstić information content (AvgIpc) is 2.76. The van der Waals surface area contributed by atoms with Crippen molar-refractivity contribution >= 4 is 0 Å². The molecular weight excluding hydrogens is 387 g/mol. The molecule has 0 saturated carbocycles. The summed E-state index contributed by atoms with van der Waals surface area (Å²) in [4.78, 5) is 4.73. The summed E-state index contributed by atoms with van der Waals surface area (Å²) in [7, 11) is 4.85. The first-order chi connectivity index (χ1) is 14.6. The fourth-order valence-electron chi connectivity index (χ4n) is 4.08. The summed E-state index contributed by atoms with van der Waals surface area (Å²) in [6.07, 6.45) is 0.695. The van der Waals surface area contributed by atoms with Gasteiger partial charge in [0.15, 0.2) is 11.5 Å². The van der Waals surface area contributed by atoms with E-state index < -0.39 is 0 Å². The summed E-state index contributed by atoms with van der Waals surface area (Å²) in [5, 5.41) is 9.58. The molecular formula is C23H31FN2O4. The second-order valence-electron chi connectivity index (χ2n) is 7.49. The monoisotopic (exact) mass is 418 g/mol. The molecule has 6 nitrogen and oxygen atoms in total. The van der Waals surface area contributed by atoms with E-state index in [-0.39, 0.29) is 18.5 Å². The van der Waals surface area contributed by atoms with E-state index in [2.05, 4.69) is 9.80 Å². The molecule has 0 radical (unpaired) electrons. The van der Waals surface area contributed by atoms with Gasteiger partial charge in [0.1, 0.15) is 5.82 Å². The molecule has 1 heterocycles. The highest BCUT2D eigenvalue weighted by molar-refractivity contribution is 5.55. The van der Waals surface area contributed by atoms with Crippen molar-refractivity contribution < 1.29 is 23.7 Å². The minimum Gasteiger partial charge on any atom is -0.493 e. The van der Waals surface area contributed by atoms with Crippen LogP contribution < -0.4 is 14.2 Å². The van der Waals surface area contributed by atoms with Gasteiger partial charge in [0, 0.05) is 50.9 Å². The Bertz CT molecular complexity index is 816. The molecule has 0 amide bonds. The van der Waals surface area contributed by atoms with Gasteiger partial charge in [-0.1, -0.05) is 18.2 Å². The summed E-state index contributed by atoms with van der Waals surface area (Å²) in [6.45, 7) is 4.20. The van der Waals surface area contributed by atoms with E-state index in [1.54, 1.807) is 21.3 Å². The number of aliphatic hydroxyl groups is 1. The number of nitrogens with zero attached hydrogens (tertiary/aromatic N) is 2. The Morgan fingerprint density at radius 3 is 2.30 bits per heavy atom. The third-order valence-electron chi connectivity index (χ3n) is 5.63. The van der Waals surface area contributed by atoms with Gasteiger partial charge in [0.05, 0.1) is 21.3 Å². The molecule has 1 aliphatic rings. The van der Waals surface area contributed by atoms with Crippen LogP contribution in [0.15, 0.2) is 36.4 Å². The Hall–Kier alpha value is -2.35. The highest BCUT2D eigenvalue weighted by Crippen LogP contribution is 2.40. The first-order valence-electron chi connectivity index (χ1n) is 10.2. The number of hydrogen-bond acceptors (Lipinski definition) is 6. The first kappa shape index (κ1) is 22.3. The van der Waals surface area contributed by atoms with Crippen LogP contribution in [-0.2, 0) is 13.1 Å². The molecule has 1 atom stereocenters. The second-order valence-corrected chi connectivity index (χ2v) is 7.49. The van der Waals surface area contributed by atoms with Crippen molar-refractivity contribution in [1.29, 1.82) is 0 Å². The molecule has 1 unspecified atom stereocenters. The maximum Gasteiger partial charge on any atom is 0.203 e. The number of hydrogen-bond donors (Lipinski definition) is 1. The van der Waals surface area contributed by atoms with Gasteiger partial charge in [-0.15, -0.1) is 0 Å². The van der Waals surface area contributed by atoms with Crippen LogP contribution in [0.4, 0.5) is 4.39 Å². The largest absolute Gasteiger partial charge is 0.493 e. The lowest BCUT2D eigenvalue weighted by atomic mass is 10.1. The number of piperazine rings is 1. The molecule has 2 aromatic carbocycles. The zero-order chi connectivity index (χ0) is 21.5. The van der Waals surface area contributed by atoms with Crippen molar-refractivity contribution in [2.24, 2.45) is 0 Å². The van der Waals surface area contributed by atoms with Crippen molar-refractivity contribution in [3.05, 3.63) is 53.3 Å². The van der Waals surface area contributed by atoms with E-state index in [1.807, 2.05) is 24.3 Å². The summed E-state index contributed by atoms with van der Waals surface area (Å²) < 4.78 is 29.7. The minimum absolute atomic E-state index is 0.137. The first-order valence-corrected chi connectivity index (χ1v) is 10.2. The Kier molecular flexibility index (Phi) is 7.90. The van der Waals surface area contributed by atoms with E-state index in [0.29, 0.717) is 23.7 Å². The van der Waals surface area contributed by atoms with Gasteiger partial charge in [-0.2, -0.15) is 0 Å². The molecule has 0 spiro atoms. The number of aliphatic hydroxyl groups excluding tert-OH is 1. The van der Waals surface area contributed by atoms with Gasteiger partial charge in [-0.05, 0) is 30.2 Å². The lowest BCUT2D eigenvalue weighted by molar-refractivity contribution is 0.0495. The SMILES string of the molecule is COc1ccc(CN2CCN(Cc3ccc(F)cc3)C(CCO)C2)c(OC)c1OC. The second kappa shape index (κ2) is 10.6. The fourth-order valence-corrected chi connectivity index (χ4v) is 4.08. The van der Waals surface area contributed by atoms with Crippen molar-refractivity contribution in [3.8, 4) is 17.2 Å². The molecule has 1 N–H and O–H groups in total. The van der Waals surface area contributed by atoms with Crippen molar-refractivity contribution in [2.75, 3.05) is 47.6 Å². The molecule has 0 aliphatic carbocycles. The third-order valence-corrected chi connectivity index (χ3v) is 5.63. The normalized spacial score (nSPS) is 17.7. The smallest absolute Gasteiger partial charge is 0.203 e. The van der Waals surface area contributed by atoms with E-state index in [1.165, 1.54) is 12.1 Å². The van der Waals surface area contributed by atoms with Crippen LogP contribution in [0.25, 0.3) is 0 Å². The predicted molar refractivity (Wildman–Crippen MR) is 114 cm³/mol. The molecule has 1 saturated heterocycles. The molecule has 7 heteroatoms. The van der Waals surface area contributed by atoms with Crippen LogP contribution >= 0.6 is 0 Å². The van der Waals surface area contributed by atoms with Gasteiger partial charge in [-0.25, -0.2) is 4.39 Å². The van der Waals surface area contributed by atoms with E-state index >= 15 is 0 Å². The average molecular weight is 419 g/mol. The number of halogens is 1. The van der Waals surface area contributed by atoms with Crippen LogP contribution in [-0.4, -0.2) is 68.5 Å². The highest BCUT2D eigenvalue weighted by atomic mass is 19.1. The topological polar surface area (TPSA) is 54.4 Å². The molecule has 2 aromatic rings. The van der Waals surface area contributed by atoms with E-state index in [0.717, 1.165) is 43.9 Å². The lowest BCUT2D eigenvalue weighted by Crippen LogP contribution is -2.52. The maximum absolute atomic E-state index is 13.2. The Balaban J connectivity index is 1.71. The number of rotatable bonds is 9. The van der Waals surface area contributed by atoms with Crippen molar-refractivity contribution in [1.82, 2.24) is 9.80 Å². The van der Waals surface area contributed by atoms with Gasteiger partial charge < -0.3 is 19.3 Å². The number of ether oxygens (including phenoxy) is 3. The Morgan fingerprint density at radius 2 is 1.67 bits per heavy atom. The van der Waals surface area contributed by atoms with Crippen molar-refractivity contribution in [3.63, 3.8) is 0 Å². The van der Waals surface area contributed by atoms with Gasteiger partial charge in [0.2, 0.25) is 5.75 Å². The fraction of sp³-hybridized carbons (Fsp3) is 0.478. The minimum atomic E-state index is -0.223. The van der Waals surface area contributed by atoms with Gasteiger partial charge in [-0.3, -0.25) is 9.80 Å². The standard InChI is InChI=1S/C23H31FN2O4/c1-28-21-9-6-18(22(29-2)23(21)30-3)15-25-11-12-26(20(16-25)10-13-27)14-17-4-7-19(24)8-5-17/h4-9,20,27H,10-16H2,1-3H3. The lowest BCUT2D eigenvalue weighted by Gasteiger charge is -2.41. The predicted octanol–water partition coefficient (Wildman–Crippen LogP) is 2.92. The zero-order valence-corrected chi connectivity index (χ0v) is 17.9. The van der Waals surface area contributed by atoms with E-state index in [4.69, 9.17) is 14.2 Å². The van der Waals surface area contributed by atoms with Crippen LogP contribution in [0.3, 0.4) is 0 Å². The Morgan fingerprint density at radius 1 is 0.933 bits per heavy atom. The van der Waals surface area contributed by atoms with Gasteiger partial charge >= 0.3 is 0 Å². The molecule has 1 fully saturated rings. The van der Waals surface area contributed by atoms with E-state index in [9.17, 15) is 9.50 Å².